The fourth-order valence-electron chi connectivity index (χ4n) is 1.40. The second-order valence-corrected chi connectivity index (χ2v) is 3.12. The minimum absolute atomic E-state index is 0.202. The van der Waals surface area contributed by atoms with Crippen molar-refractivity contribution in [3.8, 4) is 5.82 Å². The SMILES string of the molecule is O=c1cc(-n2nc3ccccc3n2)[nH][nH]1. The topological polar surface area (TPSA) is 79.4 Å². The van der Waals surface area contributed by atoms with Crippen molar-refractivity contribution in [1.29, 1.82) is 0 Å². The number of nitrogens with zero attached hydrogens (tertiary/aromatic N) is 3. The molecule has 0 aliphatic heterocycles. The molecule has 2 heterocycles. The molecule has 6 heteroatoms. The molecule has 0 radical (unpaired) electrons. The summed E-state index contributed by atoms with van der Waals surface area (Å²) in [4.78, 5) is 12.3. The van der Waals surface area contributed by atoms with Crippen LogP contribution in [-0.2, 0) is 0 Å². The summed E-state index contributed by atoms with van der Waals surface area (Å²) in [5, 5.41) is 13.5. The minimum atomic E-state index is -0.202. The zero-order chi connectivity index (χ0) is 10.3. The molecule has 0 spiro atoms. The van der Waals surface area contributed by atoms with E-state index < -0.39 is 0 Å². The smallest absolute Gasteiger partial charge is 0.266 e. The molecular formula is C9H7N5O. The van der Waals surface area contributed by atoms with Gasteiger partial charge < -0.3 is 0 Å². The van der Waals surface area contributed by atoms with Crippen molar-refractivity contribution in [3.05, 3.63) is 40.7 Å². The predicted octanol–water partition coefficient (Wildman–Crippen LogP) is 0.437. The van der Waals surface area contributed by atoms with Crippen LogP contribution in [0.1, 0.15) is 0 Å². The van der Waals surface area contributed by atoms with E-state index in [4.69, 9.17) is 0 Å². The first-order chi connectivity index (χ1) is 7.33. The number of H-pyrrole nitrogens is 2. The normalized spacial score (nSPS) is 10.9. The first kappa shape index (κ1) is 7.98. The van der Waals surface area contributed by atoms with Crippen molar-refractivity contribution in [2.75, 3.05) is 0 Å². The van der Waals surface area contributed by atoms with E-state index in [2.05, 4.69) is 20.4 Å². The molecule has 0 bridgehead atoms. The van der Waals surface area contributed by atoms with Gasteiger partial charge in [0, 0.05) is 0 Å². The van der Waals surface area contributed by atoms with Crippen LogP contribution in [0.15, 0.2) is 35.1 Å². The molecule has 3 aromatic rings. The molecule has 0 atom stereocenters. The van der Waals surface area contributed by atoms with Gasteiger partial charge in [-0.05, 0) is 12.1 Å². The van der Waals surface area contributed by atoms with E-state index >= 15 is 0 Å². The van der Waals surface area contributed by atoms with Crippen molar-refractivity contribution >= 4 is 11.0 Å². The van der Waals surface area contributed by atoms with Gasteiger partial charge in [-0.25, -0.2) is 0 Å². The lowest BCUT2D eigenvalue weighted by molar-refractivity contribution is 0.736. The van der Waals surface area contributed by atoms with Gasteiger partial charge >= 0.3 is 0 Å². The molecule has 15 heavy (non-hydrogen) atoms. The maximum atomic E-state index is 10.9. The number of rotatable bonds is 1. The zero-order valence-corrected chi connectivity index (χ0v) is 7.64. The molecule has 0 aliphatic rings. The summed E-state index contributed by atoms with van der Waals surface area (Å²) >= 11 is 0. The second-order valence-electron chi connectivity index (χ2n) is 3.12. The van der Waals surface area contributed by atoms with E-state index in [0.717, 1.165) is 11.0 Å². The summed E-state index contributed by atoms with van der Waals surface area (Å²) in [7, 11) is 0. The van der Waals surface area contributed by atoms with Crippen LogP contribution in [0.3, 0.4) is 0 Å². The maximum Gasteiger partial charge on any atom is 0.266 e. The molecule has 0 amide bonds. The summed E-state index contributed by atoms with van der Waals surface area (Å²) in [6.07, 6.45) is 0. The molecule has 0 saturated carbocycles. The Morgan fingerprint density at radius 3 is 2.27 bits per heavy atom. The van der Waals surface area contributed by atoms with Crippen molar-refractivity contribution in [1.82, 2.24) is 25.2 Å². The van der Waals surface area contributed by atoms with Crippen LogP contribution in [0, 0.1) is 0 Å². The number of hydrogen-bond acceptors (Lipinski definition) is 3. The zero-order valence-electron chi connectivity index (χ0n) is 7.64. The number of benzene rings is 1. The lowest BCUT2D eigenvalue weighted by atomic mass is 10.3. The molecule has 3 rings (SSSR count). The number of hydrogen-bond donors (Lipinski definition) is 2. The Morgan fingerprint density at radius 1 is 1.07 bits per heavy atom. The van der Waals surface area contributed by atoms with Crippen LogP contribution in [0.25, 0.3) is 16.9 Å². The Kier molecular flexibility index (Phi) is 1.49. The van der Waals surface area contributed by atoms with Crippen molar-refractivity contribution < 1.29 is 0 Å². The van der Waals surface area contributed by atoms with E-state index in [9.17, 15) is 4.79 Å². The lowest BCUT2D eigenvalue weighted by Crippen LogP contribution is -1.98. The van der Waals surface area contributed by atoms with Gasteiger partial charge in [0.1, 0.15) is 11.0 Å². The first-order valence-corrected chi connectivity index (χ1v) is 4.43. The molecule has 0 saturated heterocycles. The Morgan fingerprint density at radius 2 is 1.73 bits per heavy atom. The third kappa shape index (κ3) is 1.23. The number of fused-ring (bicyclic) bond motifs is 1. The van der Waals surface area contributed by atoms with Crippen molar-refractivity contribution in [2.45, 2.75) is 0 Å². The highest BCUT2D eigenvalue weighted by Crippen LogP contribution is 2.08. The monoisotopic (exact) mass is 201 g/mol. The molecule has 0 aliphatic carbocycles. The summed E-state index contributed by atoms with van der Waals surface area (Å²) < 4.78 is 0. The van der Waals surface area contributed by atoms with Crippen LogP contribution in [-0.4, -0.2) is 25.2 Å². The van der Waals surface area contributed by atoms with Crippen LogP contribution in [0.5, 0.6) is 0 Å². The highest BCUT2D eigenvalue weighted by molar-refractivity contribution is 5.73. The highest BCUT2D eigenvalue weighted by Gasteiger charge is 2.04. The molecular weight excluding hydrogens is 194 g/mol. The minimum Gasteiger partial charge on any atom is -0.280 e. The first-order valence-electron chi connectivity index (χ1n) is 4.43. The van der Waals surface area contributed by atoms with Crippen LogP contribution in [0.2, 0.25) is 0 Å². The third-order valence-corrected chi connectivity index (χ3v) is 2.08. The molecule has 0 fully saturated rings. The largest absolute Gasteiger partial charge is 0.280 e. The quantitative estimate of drug-likeness (QED) is 0.599. The predicted molar refractivity (Wildman–Crippen MR) is 53.8 cm³/mol. The van der Waals surface area contributed by atoms with E-state index in [1.54, 1.807) is 0 Å². The summed E-state index contributed by atoms with van der Waals surface area (Å²) in [5.41, 5.74) is 1.38. The van der Waals surface area contributed by atoms with Gasteiger partial charge in [0.15, 0.2) is 5.82 Å². The van der Waals surface area contributed by atoms with Gasteiger partial charge in [0.05, 0.1) is 6.07 Å². The lowest BCUT2D eigenvalue weighted by Gasteiger charge is -1.89. The van der Waals surface area contributed by atoms with E-state index in [-0.39, 0.29) is 5.56 Å². The van der Waals surface area contributed by atoms with Gasteiger partial charge in [0.2, 0.25) is 0 Å². The third-order valence-electron chi connectivity index (χ3n) is 2.08. The second kappa shape index (κ2) is 2.81. The van der Waals surface area contributed by atoms with E-state index in [1.807, 2.05) is 24.3 Å². The van der Waals surface area contributed by atoms with Gasteiger partial charge in [-0.1, -0.05) is 12.1 Å². The number of aromatic amines is 2. The summed E-state index contributed by atoms with van der Waals surface area (Å²) in [6.45, 7) is 0. The summed E-state index contributed by atoms with van der Waals surface area (Å²) in [5.74, 6) is 0.524. The average molecular weight is 201 g/mol. The van der Waals surface area contributed by atoms with Gasteiger partial charge in [-0.3, -0.25) is 15.0 Å². The molecule has 2 N–H and O–H groups in total. The highest BCUT2D eigenvalue weighted by atomic mass is 16.1. The van der Waals surface area contributed by atoms with E-state index in [0.29, 0.717) is 5.82 Å². The number of aromatic nitrogens is 5. The van der Waals surface area contributed by atoms with Crippen LogP contribution < -0.4 is 5.56 Å². The Labute approximate surface area is 83.5 Å². The standard InChI is InChI=1S/C9H7N5O/c15-9-5-8(10-11-9)14-12-6-3-1-2-4-7(6)13-14/h1-5H,(H2,10,11,15). The molecule has 1 aromatic carbocycles. The van der Waals surface area contributed by atoms with E-state index in [1.165, 1.54) is 10.9 Å². The summed E-state index contributed by atoms with van der Waals surface area (Å²) in [6, 6.07) is 8.91. The molecule has 0 unspecified atom stereocenters. The molecule has 2 aromatic heterocycles. The van der Waals surface area contributed by atoms with Gasteiger partial charge in [-0.15, -0.1) is 15.0 Å². The van der Waals surface area contributed by atoms with Crippen LogP contribution in [0.4, 0.5) is 0 Å². The fourth-order valence-corrected chi connectivity index (χ4v) is 1.40. The van der Waals surface area contributed by atoms with Crippen molar-refractivity contribution in [2.24, 2.45) is 0 Å². The number of nitrogens with one attached hydrogen (secondary N) is 2. The van der Waals surface area contributed by atoms with Crippen LogP contribution >= 0.6 is 0 Å². The fraction of sp³-hybridized carbons (Fsp3) is 0. The maximum absolute atomic E-state index is 10.9. The van der Waals surface area contributed by atoms with Crippen molar-refractivity contribution in [3.63, 3.8) is 0 Å². The van der Waals surface area contributed by atoms with Gasteiger partial charge in [0.25, 0.3) is 5.56 Å². The molecule has 74 valence electrons. The Bertz CT molecular complexity index is 629. The van der Waals surface area contributed by atoms with Gasteiger partial charge in [-0.2, -0.15) is 0 Å². The average Bonchev–Trinajstić information content (AvgIpc) is 2.82. The Hall–Kier alpha value is -2.37. The Balaban J connectivity index is 2.24. The molecule has 6 nitrogen and oxygen atoms in total.